The lowest BCUT2D eigenvalue weighted by atomic mass is 10.0. The lowest BCUT2D eigenvalue weighted by Crippen LogP contribution is -2.07. The largest absolute Gasteiger partial charge is 0.478 e. The molecule has 0 spiro atoms. The van der Waals surface area contributed by atoms with E-state index < -0.39 is 0 Å². The Hall–Kier alpha value is -4.91. The number of hydrogen-bond donors (Lipinski definition) is 0. The Kier molecular flexibility index (Phi) is 10.1. The van der Waals surface area contributed by atoms with Crippen molar-refractivity contribution in [2.24, 2.45) is 9.98 Å². The van der Waals surface area contributed by atoms with E-state index in [1.807, 2.05) is 90.1 Å². The molecule has 4 aromatic rings. The van der Waals surface area contributed by atoms with Crippen LogP contribution in [0, 0.1) is 0 Å². The van der Waals surface area contributed by atoms with Crippen molar-refractivity contribution >= 4 is 29.0 Å². The summed E-state index contributed by atoms with van der Waals surface area (Å²) in [4.78, 5) is 21.9. The van der Waals surface area contributed by atoms with Gasteiger partial charge in [-0.25, -0.2) is 9.98 Å². The molecule has 0 heterocycles. The van der Waals surface area contributed by atoms with E-state index in [0.717, 1.165) is 11.4 Å². The van der Waals surface area contributed by atoms with Crippen LogP contribution < -0.4 is 9.47 Å². The van der Waals surface area contributed by atoms with Gasteiger partial charge >= 0.3 is 0 Å². The summed E-state index contributed by atoms with van der Waals surface area (Å²) in [6, 6.07) is 29.0. The molecule has 4 rings (SSSR count). The van der Waals surface area contributed by atoms with Gasteiger partial charge < -0.3 is 18.9 Å². The summed E-state index contributed by atoms with van der Waals surface area (Å²) in [5.41, 5.74) is 2.69. The van der Waals surface area contributed by atoms with Gasteiger partial charge in [-0.05, 0) is 125 Å². The zero-order valence-corrected chi connectivity index (χ0v) is 24.8. The van der Waals surface area contributed by atoms with E-state index in [2.05, 4.69) is 9.98 Å². The van der Waals surface area contributed by atoms with Crippen LogP contribution >= 0.6 is 0 Å². The predicted octanol–water partition coefficient (Wildman–Crippen LogP) is 9.45. The second kappa shape index (κ2) is 14.1. The normalized spacial score (nSPS) is 11.9. The van der Waals surface area contributed by atoms with E-state index in [1.165, 1.54) is 0 Å². The lowest BCUT2D eigenvalue weighted by Gasteiger charge is -2.10. The third-order valence-corrected chi connectivity index (χ3v) is 5.76. The Labute approximate surface area is 247 Å². The van der Waals surface area contributed by atoms with E-state index in [1.54, 1.807) is 48.5 Å². The molecule has 0 fully saturated rings. The molecule has 0 aliphatic carbocycles. The van der Waals surface area contributed by atoms with Crippen molar-refractivity contribution in [1.82, 2.24) is 0 Å². The molecule has 0 aliphatic rings. The number of nitrogens with zero attached hydrogens (tertiary/aromatic N) is 2. The summed E-state index contributed by atoms with van der Waals surface area (Å²) in [6.07, 6.45) is 0.157. The Balaban J connectivity index is 1.33. The Morgan fingerprint density at radius 2 is 0.786 bits per heavy atom. The van der Waals surface area contributed by atoms with Gasteiger partial charge in [-0.1, -0.05) is 0 Å². The molecule has 4 aromatic carbocycles. The van der Waals surface area contributed by atoms with E-state index in [-0.39, 0.29) is 18.0 Å². The predicted molar refractivity (Wildman–Crippen MR) is 167 cm³/mol. The molecule has 0 radical (unpaired) electrons. The van der Waals surface area contributed by atoms with Gasteiger partial charge in [0.15, 0.2) is 17.6 Å². The second-order valence-corrected chi connectivity index (χ2v) is 10.2. The fraction of sp³-hybridized carbons (Fsp3) is 0.229. The third-order valence-electron chi connectivity index (χ3n) is 5.76. The molecule has 0 saturated carbocycles. The van der Waals surface area contributed by atoms with Gasteiger partial charge in [-0.2, -0.15) is 0 Å². The number of ketones is 1. The van der Waals surface area contributed by atoms with Gasteiger partial charge in [0.25, 0.3) is 0 Å². The van der Waals surface area contributed by atoms with Gasteiger partial charge in [-0.3, -0.25) is 4.79 Å². The fourth-order valence-corrected chi connectivity index (χ4v) is 4.06. The van der Waals surface area contributed by atoms with Crippen LogP contribution in [0.25, 0.3) is 0 Å². The molecule has 7 heteroatoms. The second-order valence-electron chi connectivity index (χ2n) is 10.2. The molecule has 0 saturated heterocycles. The summed E-state index contributed by atoms with van der Waals surface area (Å²) in [5.74, 6) is 3.74. The maximum atomic E-state index is 13.0. The minimum absolute atomic E-state index is 0.0786. The molecular formula is C35H36N2O5. The molecule has 42 heavy (non-hydrogen) atoms. The summed E-state index contributed by atoms with van der Waals surface area (Å²) < 4.78 is 23.0. The van der Waals surface area contributed by atoms with E-state index in [4.69, 9.17) is 18.9 Å². The average molecular weight is 565 g/mol. The number of hydrogen-bond acceptors (Lipinski definition) is 7. The zero-order chi connectivity index (χ0) is 30.1. The topological polar surface area (TPSA) is 78.7 Å². The molecule has 216 valence electrons. The van der Waals surface area contributed by atoms with Gasteiger partial charge in [0.1, 0.15) is 23.0 Å². The Morgan fingerprint density at radius 3 is 1.07 bits per heavy atom. The molecule has 0 atom stereocenters. The van der Waals surface area contributed by atoms with Crippen molar-refractivity contribution in [2.45, 2.75) is 53.8 Å². The number of aliphatic imine (C=N–C) groups is 2. The van der Waals surface area contributed by atoms with Crippen molar-refractivity contribution in [3.05, 3.63) is 108 Å². The van der Waals surface area contributed by atoms with Crippen molar-refractivity contribution in [3.8, 4) is 23.0 Å². The first-order valence-electron chi connectivity index (χ1n) is 13.9. The zero-order valence-electron chi connectivity index (χ0n) is 24.8. The van der Waals surface area contributed by atoms with E-state index in [0.29, 0.717) is 45.9 Å². The summed E-state index contributed by atoms with van der Waals surface area (Å²) >= 11 is 0. The van der Waals surface area contributed by atoms with Crippen LogP contribution in [0.3, 0.4) is 0 Å². The molecule has 0 unspecified atom stereocenters. The Morgan fingerprint density at radius 1 is 0.500 bits per heavy atom. The average Bonchev–Trinajstić information content (AvgIpc) is 2.95. The SMILES string of the molecule is C/C(=N/c1ccc(Oc2ccc(C(=O)c3ccc(Oc4ccc(/N=C(/C)OC(C)C)cc4)cc3)cc2)cc1)OC(C)C. The maximum absolute atomic E-state index is 13.0. The first-order valence-corrected chi connectivity index (χ1v) is 13.9. The summed E-state index contributed by atoms with van der Waals surface area (Å²) in [5, 5.41) is 0. The third kappa shape index (κ3) is 9.06. The summed E-state index contributed by atoms with van der Waals surface area (Å²) in [7, 11) is 0. The van der Waals surface area contributed by atoms with Crippen molar-refractivity contribution in [3.63, 3.8) is 0 Å². The van der Waals surface area contributed by atoms with E-state index in [9.17, 15) is 4.79 Å². The number of rotatable bonds is 10. The van der Waals surface area contributed by atoms with Crippen LogP contribution in [0.5, 0.6) is 23.0 Å². The van der Waals surface area contributed by atoms with Gasteiger partial charge in [0, 0.05) is 25.0 Å². The van der Waals surface area contributed by atoms with Crippen LogP contribution in [0.15, 0.2) is 107 Å². The highest BCUT2D eigenvalue weighted by molar-refractivity contribution is 6.09. The van der Waals surface area contributed by atoms with Gasteiger partial charge in [0.2, 0.25) is 0 Å². The number of ether oxygens (including phenoxy) is 4. The lowest BCUT2D eigenvalue weighted by molar-refractivity contribution is 0.103. The minimum Gasteiger partial charge on any atom is -0.478 e. The van der Waals surface area contributed by atoms with Gasteiger partial charge in [0.05, 0.1) is 23.6 Å². The highest BCUT2D eigenvalue weighted by Gasteiger charge is 2.10. The van der Waals surface area contributed by atoms with Crippen molar-refractivity contribution in [1.29, 1.82) is 0 Å². The van der Waals surface area contributed by atoms with Crippen LogP contribution in [0.2, 0.25) is 0 Å². The molecular weight excluding hydrogens is 528 g/mol. The van der Waals surface area contributed by atoms with Crippen molar-refractivity contribution in [2.75, 3.05) is 0 Å². The monoisotopic (exact) mass is 564 g/mol. The van der Waals surface area contributed by atoms with Gasteiger partial charge in [-0.15, -0.1) is 0 Å². The number of carbonyl (C=O) groups is 1. The summed E-state index contributed by atoms with van der Waals surface area (Å²) in [6.45, 7) is 11.5. The molecule has 0 aliphatic heterocycles. The van der Waals surface area contributed by atoms with Crippen LogP contribution in [-0.4, -0.2) is 29.8 Å². The number of benzene rings is 4. The molecule has 0 aromatic heterocycles. The molecule has 7 nitrogen and oxygen atoms in total. The fourth-order valence-electron chi connectivity index (χ4n) is 4.06. The molecule has 0 bridgehead atoms. The van der Waals surface area contributed by atoms with E-state index >= 15 is 0 Å². The van der Waals surface area contributed by atoms with Crippen molar-refractivity contribution < 1.29 is 23.7 Å². The molecule has 0 N–H and O–H groups in total. The minimum atomic E-state index is -0.0875. The Bertz CT molecular complexity index is 1400. The molecule has 0 amide bonds. The van der Waals surface area contributed by atoms with Crippen LogP contribution in [0.4, 0.5) is 11.4 Å². The maximum Gasteiger partial charge on any atom is 0.193 e. The van der Waals surface area contributed by atoms with Crippen LogP contribution in [-0.2, 0) is 9.47 Å². The highest BCUT2D eigenvalue weighted by Crippen LogP contribution is 2.27. The van der Waals surface area contributed by atoms with Crippen LogP contribution in [0.1, 0.15) is 57.5 Å². The quantitative estimate of drug-likeness (QED) is 0.109. The first kappa shape index (κ1) is 30.1. The first-order chi connectivity index (χ1) is 20.1. The number of carbonyl (C=O) groups excluding carboxylic acids is 1. The standard InChI is InChI=1S/C35H36N2O5/c1-23(2)39-25(5)36-29-11-19-33(20-12-29)41-31-15-7-27(8-16-31)35(38)28-9-17-32(18-10-28)42-34-21-13-30(14-22-34)37-26(6)40-24(3)4/h7-24H,1-6H3/b36-25-,37-26-. The smallest absolute Gasteiger partial charge is 0.193 e. The highest BCUT2D eigenvalue weighted by atomic mass is 16.5.